The number of pyridine rings is 1. The lowest BCUT2D eigenvalue weighted by Gasteiger charge is -2.20. The van der Waals surface area contributed by atoms with Crippen molar-refractivity contribution in [2.45, 2.75) is 26.4 Å². The SMILES string of the molecule is Cc1ncc(-c2ccc(C(=O)N3CCCNCC3)cc2)cc1OC(C)c1c(Cl)ccc(F)c1Cl. The summed E-state index contributed by atoms with van der Waals surface area (Å²) in [5.41, 5.74) is 3.47. The summed E-state index contributed by atoms with van der Waals surface area (Å²) >= 11 is 12.4. The molecule has 1 amide bonds. The molecule has 1 fully saturated rings. The van der Waals surface area contributed by atoms with Gasteiger partial charge < -0.3 is 15.0 Å². The van der Waals surface area contributed by atoms with Crippen molar-refractivity contribution in [1.29, 1.82) is 0 Å². The van der Waals surface area contributed by atoms with Crippen LogP contribution in [0.15, 0.2) is 48.7 Å². The van der Waals surface area contributed by atoms with Crippen LogP contribution in [0.5, 0.6) is 5.75 Å². The maximum absolute atomic E-state index is 14.0. The number of halogens is 3. The van der Waals surface area contributed by atoms with Gasteiger partial charge in [0.1, 0.15) is 17.7 Å². The third-order valence-corrected chi connectivity index (χ3v) is 6.64. The molecule has 8 heteroatoms. The number of carbonyl (C=O) groups excluding carboxylic acids is 1. The van der Waals surface area contributed by atoms with E-state index in [4.69, 9.17) is 27.9 Å². The number of carbonyl (C=O) groups is 1. The summed E-state index contributed by atoms with van der Waals surface area (Å²) in [6.07, 6.45) is 2.12. The highest BCUT2D eigenvalue weighted by Gasteiger charge is 2.20. The number of hydrogen-bond donors (Lipinski definition) is 1. The van der Waals surface area contributed by atoms with E-state index in [1.54, 1.807) is 13.1 Å². The second-order valence-electron chi connectivity index (χ2n) is 8.30. The first-order chi connectivity index (χ1) is 16.3. The molecule has 3 aromatic rings. The Balaban J connectivity index is 1.54. The van der Waals surface area contributed by atoms with Crippen LogP contribution in [0, 0.1) is 12.7 Å². The van der Waals surface area contributed by atoms with E-state index < -0.39 is 11.9 Å². The minimum Gasteiger partial charge on any atom is -0.484 e. The van der Waals surface area contributed by atoms with Crippen LogP contribution in [0.2, 0.25) is 10.0 Å². The number of aryl methyl sites for hydroxylation is 1. The van der Waals surface area contributed by atoms with Gasteiger partial charge in [-0.15, -0.1) is 0 Å². The predicted molar refractivity (Wildman–Crippen MR) is 133 cm³/mol. The van der Waals surface area contributed by atoms with Gasteiger partial charge in [-0.25, -0.2) is 4.39 Å². The van der Waals surface area contributed by atoms with E-state index in [2.05, 4.69) is 10.3 Å². The van der Waals surface area contributed by atoms with Crippen molar-refractivity contribution in [3.63, 3.8) is 0 Å². The number of aromatic nitrogens is 1. The zero-order valence-corrected chi connectivity index (χ0v) is 20.6. The Kier molecular flexibility index (Phi) is 7.71. The molecule has 1 unspecified atom stereocenters. The third-order valence-electron chi connectivity index (χ3n) is 5.92. The van der Waals surface area contributed by atoms with E-state index in [0.29, 0.717) is 34.1 Å². The molecule has 0 bridgehead atoms. The van der Waals surface area contributed by atoms with E-state index in [9.17, 15) is 9.18 Å². The van der Waals surface area contributed by atoms with Crippen LogP contribution in [0.25, 0.3) is 11.1 Å². The summed E-state index contributed by atoms with van der Waals surface area (Å²) in [6, 6.07) is 12.1. The minimum absolute atomic E-state index is 0.0407. The third kappa shape index (κ3) is 5.35. The fourth-order valence-corrected chi connectivity index (χ4v) is 4.67. The van der Waals surface area contributed by atoms with E-state index in [1.165, 1.54) is 12.1 Å². The zero-order valence-electron chi connectivity index (χ0n) is 19.1. The topological polar surface area (TPSA) is 54.5 Å². The van der Waals surface area contributed by atoms with Crippen molar-refractivity contribution in [2.24, 2.45) is 0 Å². The molecule has 0 saturated carbocycles. The lowest BCUT2D eigenvalue weighted by molar-refractivity contribution is 0.0766. The van der Waals surface area contributed by atoms with Gasteiger partial charge >= 0.3 is 0 Å². The second-order valence-corrected chi connectivity index (χ2v) is 9.08. The fourth-order valence-electron chi connectivity index (χ4n) is 3.99. The van der Waals surface area contributed by atoms with E-state index >= 15 is 0 Å². The van der Waals surface area contributed by atoms with Crippen LogP contribution < -0.4 is 10.1 Å². The van der Waals surface area contributed by atoms with Gasteiger partial charge in [-0.2, -0.15) is 0 Å². The number of ether oxygens (including phenoxy) is 1. The highest BCUT2D eigenvalue weighted by Crippen LogP contribution is 2.36. The Morgan fingerprint density at radius 2 is 1.88 bits per heavy atom. The Morgan fingerprint density at radius 1 is 1.12 bits per heavy atom. The second kappa shape index (κ2) is 10.7. The number of amides is 1. The average molecular weight is 502 g/mol. The molecular weight excluding hydrogens is 476 g/mol. The molecule has 5 nitrogen and oxygen atoms in total. The molecule has 1 N–H and O–H groups in total. The summed E-state index contributed by atoms with van der Waals surface area (Å²) < 4.78 is 20.1. The fraction of sp³-hybridized carbons (Fsp3) is 0.308. The number of nitrogens with one attached hydrogen (secondary N) is 1. The van der Waals surface area contributed by atoms with Crippen LogP contribution in [0.4, 0.5) is 4.39 Å². The molecule has 34 heavy (non-hydrogen) atoms. The van der Waals surface area contributed by atoms with E-state index in [1.807, 2.05) is 42.2 Å². The molecule has 178 valence electrons. The molecule has 1 aromatic heterocycles. The molecule has 0 radical (unpaired) electrons. The van der Waals surface area contributed by atoms with Gasteiger partial charge in [0.2, 0.25) is 0 Å². The lowest BCUT2D eigenvalue weighted by Crippen LogP contribution is -2.34. The highest BCUT2D eigenvalue weighted by molar-refractivity contribution is 6.36. The van der Waals surface area contributed by atoms with Crippen molar-refractivity contribution < 1.29 is 13.9 Å². The summed E-state index contributed by atoms with van der Waals surface area (Å²) in [7, 11) is 0. The summed E-state index contributed by atoms with van der Waals surface area (Å²) in [5.74, 6) is 0.0313. The molecule has 1 saturated heterocycles. The van der Waals surface area contributed by atoms with Crippen LogP contribution in [-0.4, -0.2) is 42.0 Å². The van der Waals surface area contributed by atoms with Crippen molar-refractivity contribution in [1.82, 2.24) is 15.2 Å². The maximum atomic E-state index is 14.0. The quantitative estimate of drug-likeness (QED) is 0.430. The zero-order chi connectivity index (χ0) is 24.2. The van der Waals surface area contributed by atoms with Gasteiger partial charge in [0.15, 0.2) is 0 Å². The van der Waals surface area contributed by atoms with Gasteiger partial charge in [-0.05, 0) is 62.7 Å². The van der Waals surface area contributed by atoms with Gasteiger partial charge in [-0.3, -0.25) is 9.78 Å². The molecule has 0 aliphatic carbocycles. The predicted octanol–water partition coefficient (Wildman–Crippen LogP) is 6.08. The first kappa shape index (κ1) is 24.5. The summed E-state index contributed by atoms with van der Waals surface area (Å²) in [4.78, 5) is 19.2. The molecule has 0 spiro atoms. The van der Waals surface area contributed by atoms with Crippen molar-refractivity contribution in [2.75, 3.05) is 26.2 Å². The Hall–Kier alpha value is -2.67. The van der Waals surface area contributed by atoms with Crippen LogP contribution in [-0.2, 0) is 0 Å². The first-order valence-corrected chi connectivity index (χ1v) is 12.0. The molecule has 1 aliphatic heterocycles. The van der Waals surface area contributed by atoms with Gasteiger partial charge in [0.05, 0.1) is 10.7 Å². The summed E-state index contributed by atoms with van der Waals surface area (Å²) in [5, 5.41) is 3.59. The van der Waals surface area contributed by atoms with E-state index in [-0.39, 0.29) is 10.9 Å². The minimum atomic E-state index is -0.588. The largest absolute Gasteiger partial charge is 0.484 e. The van der Waals surface area contributed by atoms with E-state index in [0.717, 1.165) is 37.2 Å². The van der Waals surface area contributed by atoms with Gasteiger partial charge in [-0.1, -0.05) is 35.3 Å². The Morgan fingerprint density at radius 3 is 2.65 bits per heavy atom. The molecule has 2 heterocycles. The monoisotopic (exact) mass is 501 g/mol. The maximum Gasteiger partial charge on any atom is 0.253 e. The molecule has 1 aliphatic rings. The standard InChI is InChI=1S/C26H26Cl2FN3O2/c1-16-23(34-17(2)24-21(27)8-9-22(29)25(24)28)14-20(15-31-16)18-4-6-19(7-5-18)26(33)32-12-3-10-30-11-13-32/h4-9,14-15,17,30H,3,10-13H2,1-2H3. The number of hydrogen-bond acceptors (Lipinski definition) is 4. The van der Waals surface area contributed by atoms with Gasteiger partial charge in [0.25, 0.3) is 5.91 Å². The van der Waals surface area contributed by atoms with Gasteiger partial charge in [0, 0.05) is 47.5 Å². The molecule has 1 atom stereocenters. The van der Waals surface area contributed by atoms with Crippen molar-refractivity contribution in [3.8, 4) is 16.9 Å². The number of rotatable bonds is 5. The highest BCUT2D eigenvalue weighted by atomic mass is 35.5. The number of benzene rings is 2. The first-order valence-electron chi connectivity index (χ1n) is 11.2. The Labute approximate surface area is 208 Å². The van der Waals surface area contributed by atoms with Crippen LogP contribution in [0.1, 0.15) is 41.1 Å². The molecular formula is C26H26Cl2FN3O2. The van der Waals surface area contributed by atoms with Crippen molar-refractivity contribution in [3.05, 3.63) is 81.3 Å². The smallest absolute Gasteiger partial charge is 0.253 e. The summed E-state index contributed by atoms with van der Waals surface area (Å²) in [6.45, 7) is 6.81. The van der Waals surface area contributed by atoms with Crippen LogP contribution in [0.3, 0.4) is 0 Å². The molecule has 2 aromatic carbocycles. The van der Waals surface area contributed by atoms with Crippen LogP contribution >= 0.6 is 23.2 Å². The van der Waals surface area contributed by atoms with Crippen molar-refractivity contribution >= 4 is 29.1 Å². The normalized spacial score (nSPS) is 15.0. The Bertz CT molecular complexity index is 1180. The molecule has 4 rings (SSSR count). The lowest BCUT2D eigenvalue weighted by atomic mass is 10.0. The average Bonchev–Trinajstić information content (AvgIpc) is 3.12. The number of nitrogens with zero attached hydrogens (tertiary/aromatic N) is 2.